The predicted octanol–water partition coefficient (Wildman–Crippen LogP) is 2.74. The molecule has 0 radical (unpaired) electrons. The highest BCUT2D eigenvalue weighted by molar-refractivity contribution is 5.94. The van der Waals surface area contributed by atoms with Crippen LogP contribution in [0.2, 0.25) is 0 Å². The molecule has 1 aromatic heterocycles. The van der Waals surface area contributed by atoms with E-state index in [1.165, 1.54) is 38.9 Å². The van der Waals surface area contributed by atoms with Crippen LogP contribution in [-0.4, -0.2) is 76.9 Å². The van der Waals surface area contributed by atoms with E-state index in [1.54, 1.807) is 12.4 Å². The van der Waals surface area contributed by atoms with Crippen LogP contribution in [0.5, 0.6) is 0 Å². The lowest BCUT2D eigenvalue weighted by Crippen LogP contribution is -2.58. The molecule has 0 N–H and O–H groups in total. The Morgan fingerprint density at radius 3 is 2.46 bits per heavy atom. The highest BCUT2D eigenvalue weighted by Crippen LogP contribution is 2.32. The molecular weight excluding hydrogens is 324 g/mol. The first kappa shape index (κ1) is 19.3. The number of rotatable bonds is 6. The summed E-state index contributed by atoms with van der Waals surface area (Å²) in [5.41, 5.74) is 1.06. The maximum Gasteiger partial charge on any atom is 0.254 e. The Kier molecular flexibility index (Phi) is 6.30. The molecular formula is C21H34N4O. The average Bonchev–Trinajstić information content (AvgIpc) is 3.11. The zero-order valence-corrected chi connectivity index (χ0v) is 16.7. The summed E-state index contributed by atoms with van der Waals surface area (Å²) in [4.78, 5) is 24.0. The second-order valence-corrected chi connectivity index (χ2v) is 8.30. The standard InChI is InChI=1S/C21H34N4O/c1-4-21(8-12-23(17-21)11-7-18(2)3)25-15-13-24(14-16-25)20(26)19-5-9-22-10-6-19/h5-6,9-10,18H,4,7-8,11-17H2,1-3H3. The first-order valence-corrected chi connectivity index (χ1v) is 10.2. The number of hydrogen-bond donors (Lipinski definition) is 0. The molecule has 3 heterocycles. The van der Waals surface area contributed by atoms with Crippen molar-refractivity contribution in [3.05, 3.63) is 30.1 Å². The fraction of sp³-hybridized carbons (Fsp3) is 0.714. The molecule has 1 unspecified atom stereocenters. The SMILES string of the molecule is CCC1(N2CCN(C(=O)c3ccncc3)CC2)CCN(CCC(C)C)C1. The van der Waals surface area contributed by atoms with Crippen molar-refractivity contribution >= 4 is 5.91 Å². The Morgan fingerprint density at radius 2 is 1.85 bits per heavy atom. The molecule has 1 amide bonds. The third-order valence-corrected chi connectivity index (χ3v) is 6.26. The van der Waals surface area contributed by atoms with Crippen LogP contribution >= 0.6 is 0 Å². The Balaban J connectivity index is 1.55. The summed E-state index contributed by atoms with van der Waals surface area (Å²) >= 11 is 0. The molecule has 1 atom stereocenters. The Labute approximate surface area is 158 Å². The second kappa shape index (κ2) is 8.49. The molecule has 0 spiro atoms. The molecule has 0 bridgehead atoms. The van der Waals surface area contributed by atoms with Crippen LogP contribution in [0.1, 0.15) is 50.4 Å². The second-order valence-electron chi connectivity index (χ2n) is 8.30. The van der Waals surface area contributed by atoms with E-state index in [0.29, 0.717) is 5.54 Å². The van der Waals surface area contributed by atoms with Gasteiger partial charge in [0.2, 0.25) is 0 Å². The molecule has 144 valence electrons. The lowest BCUT2D eigenvalue weighted by molar-refractivity contribution is 0.0286. The largest absolute Gasteiger partial charge is 0.336 e. The smallest absolute Gasteiger partial charge is 0.254 e. The van der Waals surface area contributed by atoms with E-state index >= 15 is 0 Å². The summed E-state index contributed by atoms with van der Waals surface area (Å²) in [6.07, 6.45) is 7.14. The molecule has 5 nitrogen and oxygen atoms in total. The van der Waals surface area contributed by atoms with Crippen LogP contribution in [0, 0.1) is 5.92 Å². The lowest BCUT2D eigenvalue weighted by atomic mass is 9.91. The molecule has 0 aliphatic carbocycles. The van der Waals surface area contributed by atoms with Gasteiger partial charge >= 0.3 is 0 Å². The lowest BCUT2D eigenvalue weighted by Gasteiger charge is -2.45. The van der Waals surface area contributed by atoms with Gasteiger partial charge in [-0.3, -0.25) is 14.7 Å². The number of carbonyl (C=O) groups is 1. The molecule has 5 heteroatoms. The first-order chi connectivity index (χ1) is 12.5. The van der Waals surface area contributed by atoms with Crippen molar-refractivity contribution in [1.82, 2.24) is 19.7 Å². The van der Waals surface area contributed by atoms with Gasteiger partial charge in [-0.2, -0.15) is 0 Å². The molecule has 0 saturated carbocycles. The van der Waals surface area contributed by atoms with Crippen molar-refractivity contribution in [2.24, 2.45) is 5.92 Å². The normalized spacial score (nSPS) is 25.2. The fourth-order valence-corrected chi connectivity index (χ4v) is 4.40. The van der Waals surface area contributed by atoms with Crippen molar-refractivity contribution in [2.75, 3.05) is 45.8 Å². The quantitative estimate of drug-likeness (QED) is 0.784. The van der Waals surface area contributed by atoms with Crippen molar-refractivity contribution in [3.8, 4) is 0 Å². The minimum absolute atomic E-state index is 0.141. The summed E-state index contributed by atoms with van der Waals surface area (Å²) in [6.45, 7) is 14.2. The van der Waals surface area contributed by atoms with Gasteiger partial charge in [0.25, 0.3) is 5.91 Å². The van der Waals surface area contributed by atoms with Gasteiger partial charge in [-0.15, -0.1) is 0 Å². The van der Waals surface area contributed by atoms with Gasteiger partial charge in [0.05, 0.1) is 0 Å². The summed E-state index contributed by atoms with van der Waals surface area (Å²) in [7, 11) is 0. The van der Waals surface area contributed by atoms with Gasteiger partial charge in [-0.25, -0.2) is 0 Å². The van der Waals surface area contributed by atoms with Crippen LogP contribution in [0.15, 0.2) is 24.5 Å². The zero-order valence-electron chi connectivity index (χ0n) is 16.7. The van der Waals surface area contributed by atoms with Crippen molar-refractivity contribution < 1.29 is 4.79 Å². The van der Waals surface area contributed by atoms with Crippen LogP contribution in [-0.2, 0) is 0 Å². The zero-order chi connectivity index (χ0) is 18.6. The van der Waals surface area contributed by atoms with Gasteiger partial charge < -0.3 is 9.80 Å². The molecule has 3 rings (SSSR count). The van der Waals surface area contributed by atoms with Crippen molar-refractivity contribution in [3.63, 3.8) is 0 Å². The van der Waals surface area contributed by atoms with Crippen LogP contribution in [0.3, 0.4) is 0 Å². The van der Waals surface area contributed by atoms with E-state index in [-0.39, 0.29) is 5.91 Å². The summed E-state index contributed by atoms with van der Waals surface area (Å²) in [6, 6.07) is 3.62. The van der Waals surface area contributed by atoms with Crippen molar-refractivity contribution in [2.45, 2.75) is 45.6 Å². The maximum atomic E-state index is 12.6. The van der Waals surface area contributed by atoms with Gasteiger partial charge in [0.1, 0.15) is 0 Å². The van der Waals surface area contributed by atoms with Gasteiger partial charge in [0, 0.05) is 62.8 Å². The average molecular weight is 359 g/mol. The summed E-state index contributed by atoms with van der Waals surface area (Å²) < 4.78 is 0. The minimum Gasteiger partial charge on any atom is -0.336 e. The highest BCUT2D eigenvalue weighted by Gasteiger charge is 2.42. The predicted molar refractivity (Wildman–Crippen MR) is 105 cm³/mol. The number of amides is 1. The Bertz CT molecular complexity index is 583. The first-order valence-electron chi connectivity index (χ1n) is 10.2. The molecule has 2 aliphatic heterocycles. The van der Waals surface area contributed by atoms with E-state index in [0.717, 1.165) is 37.7 Å². The molecule has 26 heavy (non-hydrogen) atoms. The van der Waals surface area contributed by atoms with E-state index < -0.39 is 0 Å². The van der Waals surface area contributed by atoms with E-state index in [9.17, 15) is 4.79 Å². The van der Waals surface area contributed by atoms with E-state index in [2.05, 4.69) is 35.6 Å². The number of aromatic nitrogens is 1. The van der Waals surface area contributed by atoms with Gasteiger partial charge in [0.15, 0.2) is 0 Å². The minimum atomic E-state index is 0.141. The number of pyridine rings is 1. The third kappa shape index (κ3) is 4.26. The highest BCUT2D eigenvalue weighted by atomic mass is 16.2. The van der Waals surface area contributed by atoms with Crippen LogP contribution in [0.4, 0.5) is 0 Å². The van der Waals surface area contributed by atoms with Gasteiger partial charge in [-0.1, -0.05) is 20.8 Å². The molecule has 2 saturated heterocycles. The van der Waals surface area contributed by atoms with Crippen LogP contribution in [0.25, 0.3) is 0 Å². The molecule has 1 aromatic rings. The number of piperazine rings is 1. The fourth-order valence-electron chi connectivity index (χ4n) is 4.40. The Morgan fingerprint density at radius 1 is 1.15 bits per heavy atom. The van der Waals surface area contributed by atoms with Crippen molar-refractivity contribution in [1.29, 1.82) is 0 Å². The summed E-state index contributed by atoms with van der Waals surface area (Å²) in [5.74, 6) is 0.914. The topological polar surface area (TPSA) is 39.7 Å². The summed E-state index contributed by atoms with van der Waals surface area (Å²) in [5, 5.41) is 0. The van der Waals surface area contributed by atoms with Gasteiger partial charge in [-0.05, 0) is 43.9 Å². The van der Waals surface area contributed by atoms with Crippen LogP contribution < -0.4 is 0 Å². The third-order valence-electron chi connectivity index (χ3n) is 6.26. The number of hydrogen-bond acceptors (Lipinski definition) is 4. The molecule has 2 fully saturated rings. The Hall–Kier alpha value is -1.46. The number of nitrogens with zero attached hydrogens (tertiary/aromatic N) is 4. The maximum absolute atomic E-state index is 12.6. The molecule has 2 aliphatic rings. The molecule has 0 aromatic carbocycles. The number of likely N-dealkylation sites (tertiary alicyclic amines) is 1. The van der Waals surface area contributed by atoms with E-state index in [1.807, 2.05) is 17.0 Å². The monoisotopic (exact) mass is 358 g/mol. The van der Waals surface area contributed by atoms with E-state index in [4.69, 9.17) is 0 Å². The number of carbonyl (C=O) groups excluding carboxylic acids is 1.